The van der Waals surface area contributed by atoms with Crippen molar-refractivity contribution in [3.8, 4) is 5.75 Å². The van der Waals surface area contributed by atoms with Gasteiger partial charge in [0.25, 0.3) is 5.91 Å². The van der Waals surface area contributed by atoms with Crippen LogP contribution in [0, 0.1) is 5.82 Å². The van der Waals surface area contributed by atoms with Crippen LogP contribution in [0.25, 0.3) is 0 Å². The molecule has 0 atom stereocenters. The summed E-state index contributed by atoms with van der Waals surface area (Å²) in [5, 5.41) is 2.75. The first-order chi connectivity index (χ1) is 9.63. The molecule has 5 heteroatoms. The van der Waals surface area contributed by atoms with Crippen molar-refractivity contribution in [1.82, 2.24) is 0 Å². The van der Waals surface area contributed by atoms with Crippen molar-refractivity contribution in [3.05, 3.63) is 53.3 Å². The number of benzene rings is 2. The number of nitrogens with one attached hydrogen (secondary N) is 1. The summed E-state index contributed by atoms with van der Waals surface area (Å²) >= 11 is 0. The molecular weight excluding hydrogens is 259 g/mol. The van der Waals surface area contributed by atoms with Gasteiger partial charge in [-0.1, -0.05) is 0 Å². The zero-order valence-electron chi connectivity index (χ0n) is 10.7. The van der Waals surface area contributed by atoms with Gasteiger partial charge in [-0.15, -0.1) is 0 Å². The van der Waals surface area contributed by atoms with Crippen LogP contribution in [0.2, 0.25) is 0 Å². The number of halogens is 1. The van der Waals surface area contributed by atoms with Crippen LogP contribution >= 0.6 is 0 Å². The maximum atomic E-state index is 13.0. The normalized spacial score (nSPS) is 12.7. The molecule has 1 heterocycles. The van der Waals surface area contributed by atoms with Crippen molar-refractivity contribution >= 4 is 17.3 Å². The van der Waals surface area contributed by atoms with Gasteiger partial charge in [0.2, 0.25) is 0 Å². The Balaban J connectivity index is 1.82. The highest BCUT2D eigenvalue weighted by atomic mass is 19.1. The number of ether oxygens (including phenoxy) is 1. The van der Waals surface area contributed by atoms with Gasteiger partial charge >= 0.3 is 0 Å². The second-order valence-corrected chi connectivity index (χ2v) is 4.61. The largest absolute Gasteiger partial charge is 0.493 e. The van der Waals surface area contributed by atoms with E-state index >= 15 is 0 Å². The van der Waals surface area contributed by atoms with Gasteiger partial charge in [-0.05, 0) is 42.0 Å². The van der Waals surface area contributed by atoms with Crippen LogP contribution in [-0.2, 0) is 6.42 Å². The lowest BCUT2D eigenvalue weighted by molar-refractivity contribution is 0.102. The zero-order valence-corrected chi connectivity index (χ0v) is 10.7. The van der Waals surface area contributed by atoms with Crippen molar-refractivity contribution in [1.29, 1.82) is 0 Å². The topological polar surface area (TPSA) is 64.4 Å². The molecule has 0 bridgehead atoms. The van der Waals surface area contributed by atoms with Crippen LogP contribution in [0.5, 0.6) is 5.75 Å². The van der Waals surface area contributed by atoms with Gasteiger partial charge in [-0.25, -0.2) is 4.39 Å². The van der Waals surface area contributed by atoms with Crippen LogP contribution in [-0.4, -0.2) is 12.5 Å². The molecule has 0 aromatic heterocycles. The Morgan fingerprint density at radius 3 is 2.90 bits per heavy atom. The number of fused-ring (bicyclic) bond motifs is 1. The first-order valence-electron chi connectivity index (χ1n) is 6.25. The number of hydrogen-bond donors (Lipinski definition) is 2. The van der Waals surface area contributed by atoms with Crippen molar-refractivity contribution < 1.29 is 13.9 Å². The molecule has 2 aromatic carbocycles. The van der Waals surface area contributed by atoms with E-state index in [0.29, 0.717) is 12.3 Å². The molecule has 4 nitrogen and oxygen atoms in total. The second-order valence-electron chi connectivity index (χ2n) is 4.61. The number of nitrogen functional groups attached to an aromatic ring is 1. The van der Waals surface area contributed by atoms with Gasteiger partial charge in [0, 0.05) is 17.8 Å². The predicted molar refractivity (Wildman–Crippen MR) is 74.4 cm³/mol. The fourth-order valence-corrected chi connectivity index (χ4v) is 2.20. The standard InChI is InChI=1S/C15H13FN2O2/c16-10-1-3-12(13(17)8-10)15(19)18-11-2-4-14-9(7-11)5-6-20-14/h1-4,7-8H,5-6,17H2,(H,18,19). The Kier molecular flexibility index (Phi) is 3.02. The van der Waals surface area contributed by atoms with E-state index in [1.807, 2.05) is 12.1 Å². The summed E-state index contributed by atoms with van der Waals surface area (Å²) in [5.74, 6) is 0.0272. The van der Waals surface area contributed by atoms with Gasteiger partial charge in [-0.3, -0.25) is 4.79 Å². The Labute approximate surface area is 115 Å². The summed E-state index contributed by atoms with van der Waals surface area (Å²) in [6.45, 7) is 0.664. The number of anilines is 2. The fraction of sp³-hybridized carbons (Fsp3) is 0.133. The van der Waals surface area contributed by atoms with Crippen molar-refractivity contribution in [3.63, 3.8) is 0 Å². The van der Waals surface area contributed by atoms with E-state index in [2.05, 4.69) is 5.32 Å². The number of rotatable bonds is 2. The lowest BCUT2D eigenvalue weighted by atomic mass is 10.1. The summed E-state index contributed by atoms with van der Waals surface area (Å²) < 4.78 is 18.4. The molecular formula is C15H13FN2O2. The SMILES string of the molecule is Nc1cc(F)ccc1C(=O)Nc1ccc2c(c1)CCO2. The van der Waals surface area contributed by atoms with Gasteiger partial charge in [-0.2, -0.15) is 0 Å². The van der Waals surface area contributed by atoms with Crippen LogP contribution in [0.1, 0.15) is 15.9 Å². The van der Waals surface area contributed by atoms with Crippen LogP contribution in [0.3, 0.4) is 0 Å². The summed E-state index contributed by atoms with van der Waals surface area (Å²) in [5.41, 5.74) is 7.75. The average Bonchev–Trinajstić information content (AvgIpc) is 2.85. The van der Waals surface area contributed by atoms with Gasteiger partial charge in [0.15, 0.2) is 0 Å². The van der Waals surface area contributed by atoms with E-state index in [-0.39, 0.29) is 17.2 Å². The lowest BCUT2D eigenvalue weighted by Crippen LogP contribution is -2.14. The molecule has 0 spiro atoms. The Morgan fingerprint density at radius 2 is 2.10 bits per heavy atom. The van der Waals surface area contributed by atoms with Crippen molar-refractivity contribution in [2.45, 2.75) is 6.42 Å². The lowest BCUT2D eigenvalue weighted by Gasteiger charge is -2.08. The number of amides is 1. The van der Waals surface area contributed by atoms with E-state index in [9.17, 15) is 9.18 Å². The molecule has 3 rings (SSSR count). The maximum absolute atomic E-state index is 13.0. The van der Waals surface area contributed by atoms with Crippen molar-refractivity contribution in [2.24, 2.45) is 0 Å². The van der Waals surface area contributed by atoms with E-state index in [0.717, 1.165) is 23.8 Å². The molecule has 0 unspecified atom stereocenters. The van der Waals surface area contributed by atoms with Crippen LogP contribution in [0.4, 0.5) is 15.8 Å². The number of hydrogen-bond acceptors (Lipinski definition) is 3. The molecule has 20 heavy (non-hydrogen) atoms. The summed E-state index contributed by atoms with van der Waals surface area (Å²) in [7, 11) is 0. The smallest absolute Gasteiger partial charge is 0.257 e. The zero-order chi connectivity index (χ0) is 14.1. The highest BCUT2D eigenvalue weighted by Gasteiger charge is 2.14. The molecule has 0 fully saturated rings. The molecule has 0 saturated carbocycles. The quantitative estimate of drug-likeness (QED) is 0.826. The summed E-state index contributed by atoms with van der Waals surface area (Å²) in [4.78, 5) is 12.1. The molecule has 1 aliphatic rings. The van der Waals surface area contributed by atoms with E-state index in [1.165, 1.54) is 12.1 Å². The molecule has 2 aromatic rings. The fourth-order valence-electron chi connectivity index (χ4n) is 2.20. The third-order valence-electron chi connectivity index (χ3n) is 3.21. The minimum atomic E-state index is -0.464. The molecule has 3 N–H and O–H groups in total. The maximum Gasteiger partial charge on any atom is 0.257 e. The number of carbonyl (C=O) groups excluding carboxylic acids is 1. The monoisotopic (exact) mass is 272 g/mol. The molecule has 1 amide bonds. The third kappa shape index (κ3) is 2.30. The van der Waals surface area contributed by atoms with E-state index in [1.54, 1.807) is 6.07 Å². The Bertz CT molecular complexity index is 686. The van der Waals surface area contributed by atoms with Gasteiger partial charge < -0.3 is 15.8 Å². The van der Waals surface area contributed by atoms with E-state index in [4.69, 9.17) is 10.5 Å². The number of carbonyl (C=O) groups is 1. The number of nitrogens with two attached hydrogens (primary N) is 1. The second kappa shape index (κ2) is 4.85. The molecule has 102 valence electrons. The molecule has 0 radical (unpaired) electrons. The third-order valence-corrected chi connectivity index (χ3v) is 3.21. The van der Waals surface area contributed by atoms with Crippen LogP contribution < -0.4 is 15.8 Å². The molecule has 1 aliphatic heterocycles. The highest BCUT2D eigenvalue weighted by molar-refractivity contribution is 6.07. The van der Waals surface area contributed by atoms with Crippen molar-refractivity contribution in [2.75, 3.05) is 17.7 Å². The van der Waals surface area contributed by atoms with E-state index < -0.39 is 5.82 Å². The van der Waals surface area contributed by atoms with Gasteiger partial charge in [0.1, 0.15) is 11.6 Å². The minimum absolute atomic E-state index is 0.118. The highest BCUT2D eigenvalue weighted by Crippen LogP contribution is 2.28. The van der Waals surface area contributed by atoms with Crippen LogP contribution in [0.15, 0.2) is 36.4 Å². The predicted octanol–water partition coefficient (Wildman–Crippen LogP) is 2.60. The first-order valence-corrected chi connectivity index (χ1v) is 6.25. The Morgan fingerprint density at radius 1 is 1.25 bits per heavy atom. The first kappa shape index (κ1) is 12.5. The summed E-state index contributed by atoms with van der Waals surface area (Å²) in [6.07, 6.45) is 0.831. The summed E-state index contributed by atoms with van der Waals surface area (Å²) in [6, 6.07) is 9.18. The minimum Gasteiger partial charge on any atom is -0.493 e. The Hall–Kier alpha value is -2.56. The van der Waals surface area contributed by atoms with Gasteiger partial charge in [0.05, 0.1) is 12.2 Å². The molecule has 0 aliphatic carbocycles. The average molecular weight is 272 g/mol. The molecule has 0 saturated heterocycles.